The molecule has 196 valence electrons. The van der Waals surface area contributed by atoms with E-state index in [0.29, 0.717) is 23.7 Å². The van der Waals surface area contributed by atoms with E-state index in [-0.39, 0.29) is 0 Å². The van der Waals surface area contributed by atoms with Gasteiger partial charge in [0.25, 0.3) is 0 Å². The highest BCUT2D eigenvalue weighted by atomic mass is 15.1. The Morgan fingerprint density at radius 2 is 1.13 bits per heavy atom. The first-order valence-corrected chi connectivity index (χ1v) is 13.8. The summed E-state index contributed by atoms with van der Waals surface area (Å²) >= 11 is 0. The van der Waals surface area contributed by atoms with Crippen molar-refractivity contribution in [3.05, 3.63) is 60.7 Å². The minimum Gasteiger partial charge on any atom is -0.345 e. The Labute approximate surface area is 220 Å². The highest BCUT2D eigenvalue weighted by Gasteiger charge is 2.31. The zero-order valence-corrected chi connectivity index (χ0v) is 21.9. The largest absolute Gasteiger partial charge is 0.345 e. The fourth-order valence-electron chi connectivity index (χ4n) is 6.52. The summed E-state index contributed by atoms with van der Waals surface area (Å²) in [6, 6.07) is 4.15. The van der Waals surface area contributed by atoms with Crippen LogP contribution in [-0.2, 0) is 0 Å². The van der Waals surface area contributed by atoms with Crippen LogP contribution in [0.2, 0.25) is 0 Å². The molecule has 4 N–H and O–H groups in total. The van der Waals surface area contributed by atoms with E-state index in [0.717, 1.165) is 59.8 Å². The number of nitrogens with one attached hydrogen (secondary N) is 4. The Kier molecular flexibility index (Phi) is 5.85. The van der Waals surface area contributed by atoms with Crippen LogP contribution >= 0.6 is 0 Å². The van der Waals surface area contributed by atoms with Crippen LogP contribution in [0.4, 0.5) is 0 Å². The molecule has 6 aromatic heterocycles. The van der Waals surface area contributed by atoms with Crippen molar-refractivity contribution < 1.29 is 0 Å². The Balaban J connectivity index is 0.000000127. The van der Waals surface area contributed by atoms with E-state index in [1.165, 1.54) is 24.2 Å². The second kappa shape index (κ2) is 9.52. The summed E-state index contributed by atoms with van der Waals surface area (Å²) < 4.78 is 4.50. The van der Waals surface area contributed by atoms with Gasteiger partial charge in [-0.3, -0.25) is 8.80 Å². The second-order valence-electron chi connectivity index (χ2n) is 10.6. The normalized spacial score (nSPS) is 23.6. The molecule has 0 amide bonds. The number of imidazole rings is 2. The van der Waals surface area contributed by atoms with Crippen LogP contribution in [0.15, 0.2) is 49.3 Å². The molecule has 8 heterocycles. The lowest BCUT2D eigenvalue weighted by molar-refractivity contribution is 0.493. The smallest absolute Gasteiger partial charge is 0.156 e. The highest BCUT2D eigenvalue weighted by molar-refractivity contribution is 5.75. The standard InChI is InChI=1S/2C14H17N5/c2*1-2-9-5-15-6-10(9)12-7-17-13-8-18-14-11(19(12)13)3-4-16-14/h2*3-4,7-10,15-16H,2,5-6H2,1H3. The van der Waals surface area contributed by atoms with Gasteiger partial charge in [-0.2, -0.15) is 0 Å². The van der Waals surface area contributed by atoms with Gasteiger partial charge in [0.15, 0.2) is 22.6 Å². The SMILES string of the molecule is CCC1CNCC1c1cnc2cnc3[nH]ccc3n12.CCC1CNCC1c1cnc2cnc3[nH]ccc3n12. The molecule has 2 fully saturated rings. The van der Waals surface area contributed by atoms with Gasteiger partial charge in [-0.25, -0.2) is 19.9 Å². The molecule has 0 aliphatic carbocycles. The van der Waals surface area contributed by atoms with Crippen LogP contribution in [0.3, 0.4) is 0 Å². The van der Waals surface area contributed by atoms with Gasteiger partial charge in [-0.1, -0.05) is 26.7 Å². The van der Waals surface area contributed by atoms with E-state index in [1.54, 1.807) is 0 Å². The molecule has 2 saturated heterocycles. The third-order valence-electron chi connectivity index (χ3n) is 8.63. The molecule has 38 heavy (non-hydrogen) atoms. The maximum atomic E-state index is 4.52. The Bertz CT molecular complexity index is 1580. The van der Waals surface area contributed by atoms with Crippen molar-refractivity contribution >= 4 is 33.6 Å². The van der Waals surface area contributed by atoms with Crippen LogP contribution in [-0.4, -0.2) is 64.9 Å². The molecule has 10 nitrogen and oxygen atoms in total. The molecule has 2 aliphatic heterocycles. The fourth-order valence-corrected chi connectivity index (χ4v) is 6.52. The van der Waals surface area contributed by atoms with Gasteiger partial charge in [-0.15, -0.1) is 0 Å². The average molecular weight is 511 g/mol. The van der Waals surface area contributed by atoms with Gasteiger partial charge < -0.3 is 20.6 Å². The van der Waals surface area contributed by atoms with Gasteiger partial charge >= 0.3 is 0 Å². The predicted molar refractivity (Wildman–Crippen MR) is 148 cm³/mol. The van der Waals surface area contributed by atoms with E-state index in [1.807, 2.05) is 37.2 Å². The van der Waals surface area contributed by atoms with Crippen LogP contribution < -0.4 is 10.6 Å². The molecule has 0 aromatic carbocycles. The van der Waals surface area contributed by atoms with Gasteiger partial charge in [0.1, 0.15) is 0 Å². The third-order valence-corrected chi connectivity index (χ3v) is 8.63. The number of hydrogen-bond donors (Lipinski definition) is 4. The molecule has 10 heteroatoms. The summed E-state index contributed by atoms with van der Waals surface area (Å²) in [5, 5.41) is 7.01. The number of aromatic nitrogens is 8. The molecule has 6 aromatic rings. The Hall–Kier alpha value is -3.76. The highest BCUT2D eigenvalue weighted by Crippen LogP contribution is 2.33. The van der Waals surface area contributed by atoms with Gasteiger partial charge in [-0.05, 0) is 37.1 Å². The van der Waals surface area contributed by atoms with E-state index >= 15 is 0 Å². The predicted octanol–water partition coefficient (Wildman–Crippen LogP) is 3.85. The second-order valence-corrected chi connectivity index (χ2v) is 10.6. The summed E-state index contributed by atoms with van der Waals surface area (Å²) in [4.78, 5) is 24.2. The molecule has 0 saturated carbocycles. The Morgan fingerprint density at radius 3 is 1.58 bits per heavy atom. The summed E-state index contributed by atoms with van der Waals surface area (Å²) in [7, 11) is 0. The van der Waals surface area contributed by atoms with Crippen LogP contribution in [0.5, 0.6) is 0 Å². The number of aromatic amines is 2. The molecule has 4 unspecified atom stereocenters. The molecular weight excluding hydrogens is 476 g/mol. The molecule has 4 atom stereocenters. The van der Waals surface area contributed by atoms with E-state index in [4.69, 9.17) is 0 Å². The van der Waals surface area contributed by atoms with Crippen molar-refractivity contribution in [3.8, 4) is 0 Å². The van der Waals surface area contributed by atoms with Crippen molar-refractivity contribution in [3.63, 3.8) is 0 Å². The number of nitrogens with zero attached hydrogens (tertiary/aromatic N) is 6. The van der Waals surface area contributed by atoms with Gasteiger partial charge in [0, 0.05) is 61.1 Å². The van der Waals surface area contributed by atoms with Crippen molar-refractivity contribution in [2.45, 2.75) is 38.5 Å². The zero-order chi connectivity index (χ0) is 25.6. The molecule has 8 rings (SSSR count). The minimum absolute atomic E-state index is 0.542. The van der Waals surface area contributed by atoms with Crippen molar-refractivity contribution in [1.82, 2.24) is 49.3 Å². The Morgan fingerprint density at radius 1 is 0.658 bits per heavy atom. The van der Waals surface area contributed by atoms with Crippen LogP contribution in [0.25, 0.3) is 33.6 Å². The molecule has 2 aliphatic rings. The lowest BCUT2D eigenvalue weighted by Crippen LogP contribution is -2.12. The minimum atomic E-state index is 0.542. The van der Waals surface area contributed by atoms with E-state index in [2.05, 4.69) is 75.3 Å². The molecular formula is C28H34N10. The summed E-state index contributed by atoms with van der Waals surface area (Å²) in [5.74, 6) is 2.48. The quantitative estimate of drug-likeness (QED) is 0.286. The fraction of sp³-hybridized carbons (Fsp3) is 0.429. The summed E-state index contributed by atoms with van der Waals surface area (Å²) in [6.45, 7) is 8.83. The maximum Gasteiger partial charge on any atom is 0.156 e. The average Bonchev–Trinajstić information content (AvgIpc) is 3.77. The molecule has 0 bridgehead atoms. The third kappa shape index (κ3) is 3.70. The number of rotatable bonds is 4. The van der Waals surface area contributed by atoms with Crippen molar-refractivity contribution in [2.24, 2.45) is 11.8 Å². The number of fused-ring (bicyclic) bond motifs is 6. The van der Waals surface area contributed by atoms with Crippen LogP contribution in [0, 0.1) is 11.8 Å². The van der Waals surface area contributed by atoms with Gasteiger partial charge in [0.2, 0.25) is 0 Å². The number of H-pyrrole nitrogens is 2. The first-order valence-electron chi connectivity index (χ1n) is 13.8. The molecule has 0 radical (unpaired) electrons. The zero-order valence-electron chi connectivity index (χ0n) is 21.9. The van der Waals surface area contributed by atoms with Gasteiger partial charge in [0.05, 0.1) is 23.4 Å². The first-order chi connectivity index (χ1) is 18.8. The molecule has 0 spiro atoms. The first kappa shape index (κ1) is 23.4. The number of hydrogen-bond acceptors (Lipinski definition) is 6. The lowest BCUT2D eigenvalue weighted by Gasteiger charge is -2.16. The van der Waals surface area contributed by atoms with E-state index in [9.17, 15) is 0 Å². The lowest BCUT2D eigenvalue weighted by atomic mass is 9.91. The summed E-state index contributed by atoms with van der Waals surface area (Å²) in [5.41, 5.74) is 8.56. The topological polar surface area (TPSA) is 116 Å². The van der Waals surface area contributed by atoms with Crippen LogP contribution in [0.1, 0.15) is 49.9 Å². The maximum absolute atomic E-state index is 4.52. The van der Waals surface area contributed by atoms with E-state index < -0.39 is 0 Å². The van der Waals surface area contributed by atoms with Crippen molar-refractivity contribution in [2.75, 3.05) is 26.2 Å². The monoisotopic (exact) mass is 510 g/mol. The van der Waals surface area contributed by atoms with Crippen molar-refractivity contribution in [1.29, 1.82) is 0 Å². The summed E-state index contributed by atoms with van der Waals surface area (Å²) in [6.07, 6.45) is 14.0.